The molecule has 0 aromatic carbocycles. The summed E-state index contributed by atoms with van der Waals surface area (Å²) in [6.45, 7) is 10.2. The van der Waals surface area contributed by atoms with Gasteiger partial charge in [0.2, 0.25) is 11.8 Å². The van der Waals surface area contributed by atoms with E-state index >= 15 is 0 Å². The fourth-order valence-corrected chi connectivity index (χ4v) is 1.89. The Morgan fingerprint density at radius 3 is 2.15 bits per heavy atom. The van der Waals surface area contributed by atoms with Gasteiger partial charge >= 0.3 is 11.9 Å². The van der Waals surface area contributed by atoms with Crippen LogP contribution in [0.15, 0.2) is 12.7 Å². The summed E-state index contributed by atoms with van der Waals surface area (Å²) >= 11 is 0. The molecule has 0 saturated carbocycles. The highest BCUT2D eigenvalue weighted by atomic mass is 16.6. The van der Waals surface area contributed by atoms with Gasteiger partial charge in [-0.05, 0) is 40.5 Å². The van der Waals surface area contributed by atoms with E-state index in [0.717, 1.165) is 0 Å². The summed E-state index contributed by atoms with van der Waals surface area (Å²) in [5.41, 5.74) is -0.660. The van der Waals surface area contributed by atoms with Crippen LogP contribution < -0.4 is 10.6 Å². The molecule has 0 bridgehead atoms. The molecule has 0 spiro atoms. The van der Waals surface area contributed by atoms with Crippen LogP contribution in [0.5, 0.6) is 0 Å². The minimum Gasteiger partial charge on any atom is -0.469 e. The zero-order valence-corrected chi connectivity index (χ0v) is 16.2. The molecule has 8 nitrogen and oxygen atoms in total. The molecule has 2 N–H and O–H groups in total. The Balaban J connectivity index is 4.39. The average molecular weight is 370 g/mol. The number of carbonyl (C=O) groups is 4. The molecule has 2 atom stereocenters. The van der Waals surface area contributed by atoms with E-state index in [2.05, 4.69) is 21.9 Å². The highest BCUT2D eigenvalue weighted by molar-refractivity contribution is 5.91. The molecular weight excluding hydrogens is 340 g/mol. The van der Waals surface area contributed by atoms with Crippen LogP contribution in [0.25, 0.3) is 0 Å². The van der Waals surface area contributed by atoms with Crippen LogP contribution in [0.3, 0.4) is 0 Å². The van der Waals surface area contributed by atoms with Crippen molar-refractivity contribution in [2.75, 3.05) is 7.11 Å². The summed E-state index contributed by atoms with van der Waals surface area (Å²) in [6.07, 6.45) is 2.68. The number of hydrogen-bond donors (Lipinski definition) is 2. The lowest BCUT2D eigenvalue weighted by Crippen LogP contribution is -2.50. The van der Waals surface area contributed by atoms with Crippen molar-refractivity contribution in [3.63, 3.8) is 0 Å². The van der Waals surface area contributed by atoms with Gasteiger partial charge in [0.25, 0.3) is 0 Å². The second-order valence-electron chi connectivity index (χ2n) is 6.83. The van der Waals surface area contributed by atoms with Crippen LogP contribution >= 0.6 is 0 Å². The van der Waals surface area contributed by atoms with Gasteiger partial charge in [-0.15, -0.1) is 6.58 Å². The smallest absolute Gasteiger partial charge is 0.328 e. The van der Waals surface area contributed by atoms with Gasteiger partial charge in [-0.1, -0.05) is 6.08 Å². The Bertz CT molecular complexity index is 524. The minimum atomic E-state index is -0.965. The van der Waals surface area contributed by atoms with Crippen molar-refractivity contribution in [1.29, 1.82) is 0 Å². The first-order valence-corrected chi connectivity index (χ1v) is 8.52. The molecule has 0 radical (unpaired) electrons. The fourth-order valence-electron chi connectivity index (χ4n) is 1.89. The molecule has 0 aromatic heterocycles. The number of methoxy groups -OCH3 is 1. The van der Waals surface area contributed by atoms with Crippen molar-refractivity contribution in [3.05, 3.63) is 12.7 Å². The number of hydrogen-bond acceptors (Lipinski definition) is 6. The minimum absolute atomic E-state index is 0.163. The maximum Gasteiger partial charge on any atom is 0.328 e. The molecule has 0 fully saturated rings. The average Bonchev–Trinajstić information content (AvgIpc) is 2.54. The van der Waals surface area contributed by atoms with Gasteiger partial charge < -0.3 is 20.1 Å². The fraction of sp³-hybridized carbons (Fsp3) is 0.667. The van der Waals surface area contributed by atoms with Crippen molar-refractivity contribution in [2.24, 2.45) is 0 Å². The number of carbonyl (C=O) groups excluding carboxylic acids is 4. The highest BCUT2D eigenvalue weighted by Crippen LogP contribution is 2.08. The van der Waals surface area contributed by atoms with E-state index in [0.29, 0.717) is 12.8 Å². The third-order valence-electron chi connectivity index (χ3n) is 3.22. The Morgan fingerprint density at radius 1 is 1.08 bits per heavy atom. The molecule has 0 heterocycles. The van der Waals surface area contributed by atoms with Crippen LogP contribution in [0.1, 0.15) is 53.4 Å². The topological polar surface area (TPSA) is 111 Å². The van der Waals surface area contributed by atoms with Crippen molar-refractivity contribution in [1.82, 2.24) is 10.6 Å². The standard InChI is InChI=1S/C18H30N2O6/c1-7-13(20-14(21)10-8-9-11-15(22)25-6)16(23)19-12(2)17(24)26-18(3,4)5/h7,12-13H,1,8-11H2,2-6H3,(H,19,23)(H,20,21)/t12-,13-/m0/s1. The molecule has 0 unspecified atom stereocenters. The maximum atomic E-state index is 12.2. The Kier molecular flexibility index (Phi) is 10.2. The number of esters is 2. The van der Waals surface area contributed by atoms with E-state index in [9.17, 15) is 19.2 Å². The second kappa shape index (κ2) is 11.3. The summed E-state index contributed by atoms with van der Waals surface area (Å²) < 4.78 is 9.70. The molecule has 148 valence electrons. The molecule has 0 aliphatic rings. The van der Waals surface area contributed by atoms with Crippen molar-refractivity contribution in [3.8, 4) is 0 Å². The lowest BCUT2D eigenvalue weighted by Gasteiger charge is -2.23. The lowest BCUT2D eigenvalue weighted by molar-refractivity contribution is -0.158. The van der Waals surface area contributed by atoms with Gasteiger partial charge in [-0.25, -0.2) is 4.79 Å². The van der Waals surface area contributed by atoms with Crippen LogP contribution in [0.2, 0.25) is 0 Å². The summed E-state index contributed by atoms with van der Waals surface area (Å²) in [5.74, 6) is -1.80. The van der Waals surface area contributed by atoms with E-state index in [-0.39, 0.29) is 24.7 Å². The van der Waals surface area contributed by atoms with E-state index in [4.69, 9.17) is 4.74 Å². The first kappa shape index (κ1) is 23.6. The summed E-state index contributed by atoms with van der Waals surface area (Å²) in [7, 11) is 1.31. The SMILES string of the molecule is C=C[C@H](NC(=O)CCCCC(=O)OC)C(=O)N[C@@H](C)C(=O)OC(C)(C)C. The monoisotopic (exact) mass is 370 g/mol. The second-order valence-corrected chi connectivity index (χ2v) is 6.83. The quantitative estimate of drug-likeness (QED) is 0.340. The third-order valence-corrected chi connectivity index (χ3v) is 3.22. The van der Waals surface area contributed by atoms with Gasteiger partial charge in [0, 0.05) is 12.8 Å². The number of rotatable bonds is 10. The predicted molar refractivity (Wildman–Crippen MR) is 96.1 cm³/mol. The molecule has 0 aliphatic carbocycles. The first-order valence-electron chi connectivity index (χ1n) is 8.52. The van der Waals surface area contributed by atoms with Gasteiger partial charge in [-0.2, -0.15) is 0 Å². The first-order chi connectivity index (χ1) is 12.0. The predicted octanol–water partition coefficient (Wildman–Crippen LogP) is 1.24. The van der Waals surface area contributed by atoms with E-state index in [1.807, 2.05) is 0 Å². The molecule has 0 saturated heterocycles. The number of ether oxygens (including phenoxy) is 2. The molecule has 0 aliphatic heterocycles. The molecule has 26 heavy (non-hydrogen) atoms. The van der Waals surface area contributed by atoms with Gasteiger partial charge in [0.05, 0.1) is 7.11 Å². The third kappa shape index (κ3) is 10.5. The van der Waals surface area contributed by atoms with E-state index in [1.54, 1.807) is 20.8 Å². The van der Waals surface area contributed by atoms with Crippen LogP contribution in [0, 0.1) is 0 Å². The number of amides is 2. The van der Waals surface area contributed by atoms with Crippen LogP contribution in [-0.4, -0.2) is 48.5 Å². The van der Waals surface area contributed by atoms with E-state index in [1.165, 1.54) is 20.1 Å². The summed E-state index contributed by atoms with van der Waals surface area (Å²) in [5, 5.41) is 5.01. The maximum absolute atomic E-state index is 12.2. The number of unbranched alkanes of at least 4 members (excludes halogenated alkanes) is 1. The normalized spacial score (nSPS) is 13.1. The van der Waals surface area contributed by atoms with Crippen molar-refractivity contribution >= 4 is 23.8 Å². The van der Waals surface area contributed by atoms with Crippen molar-refractivity contribution < 1.29 is 28.7 Å². The molecule has 8 heteroatoms. The molecular formula is C18H30N2O6. The highest BCUT2D eigenvalue weighted by Gasteiger charge is 2.25. The van der Waals surface area contributed by atoms with Gasteiger partial charge in [-0.3, -0.25) is 14.4 Å². The largest absolute Gasteiger partial charge is 0.469 e. The molecule has 2 amide bonds. The zero-order chi connectivity index (χ0) is 20.3. The van der Waals surface area contributed by atoms with E-state index < -0.39 is 29.6 Å². The van der Waals surface area contributed by atoms with Gasteiger partial charge in [0.15, 0.2) is 0 Å². The summed E-state index contributed by atoms with van der Waals surface area (Å²) in [6, 6.07) is -1.82. The number of nitrogens with one attached hydrogen (secondary N) is 2. The van der Waals surface area contributed by atoms with Gasteiger partial charge in [0.1, 0.15) is 17.7 Å². The summed E-state index contributed by atoms with van der Waals surface area (Å²) in [4.78, 5) is 47.0. The Hall–Kier alpha value is -2.38. The zero-order valence-electron chi connectivity index (χ0n) is 16.2. The Morgan fingerprint density at radius 2 is 1.65 bits per heavy atom. The lowest BCUT2D eigenvalue weighted by atomic mass is 10.1. The van der Waals surface area contributed by atoms with Crippen LogP contribution in [0.4, 0.5) is 0 Å². The molecule has 0 aromatic rings. The Labute approximate surface area is 154 Å². The van der Waals surface area contributed by atoms with Crippen molar-refractivity contribution in [2.45, 2.75) is 71.1 Å². The molecule has 0 rings (SSSR count). The van der Waals surface area contributed by atoms with Crippen LogP contribution in [-0.2, 0) is 28.7 Å².